The molecule has 0 aromatic heterocycles. The number of nitrogens with zero attached hydrogens (tertiary/aromatic N) is 1. The molecular formula is C16H25BrN2. The van der Waals surface area contributed by atoms with Crippen LogP contribution >= 0.6 is 15.9 Å². The van der Waals surface area contributed by atoms with Crippen LogP contribution in [-0.4, -0.2) is 19.6 Å². The van der Waals surface area contributed by atoms with Gasteiger partial charge in [-0.1, -0.05) is 42.3 Å². The largest absolute Gasteiger partial charge is 0.371 e. The van der Waals surface area contributed by atoms with E-state index < -0.39 is 0 Å². The van der Waals surface area contributed by atoms with Gasteiger partial charge in [0.1, 0.15) is 0 Å². The number of halogens is 1. The Kier molecular flexibility index (Phi) is 4.91. The van der Waals surface area contributed by atoms with E-state index in [9.17, 15) is 0 Å². The van der Waals surface area contributed by atoms with Gasteiger partial charge in [0, 0.05) is 23.2 Å². The summed E-state index contributed by atoms with van der Waals surface area (Å²) in [7, 11) is 0. The maximum absolute atomic E-state index is 5.62. The fraction of sp³-hybridized carbons (Fsp3) is 0.625. The van der Waals surface area contributed by atoms with Gasteiger partial charge in [-0.25, -0.2) is 0 Å². The highest BCUT2D eigenvalue weighted by Crippen LogP contribution is 2.36. The van der Waals surface area contributed by atoms with E-state index in [1.54, 1.807) is 0 Å². The molecule has 0 spiro atoms. The lowest BCUT2D eigenvalue weighted by Crippen LogP contribution is -2.38. The number of piperidine rings is 1. The molecule has 0 bridgehead atoms. The first kappa shape index (κ1) is 14.9. The Morgan fingerprint density at radius 3 is 2.53 bits per heavy atom. The zero-order valence-electron chi connectivity index (χ0n) is 12.1. The van der Waals surface area contributed by atoms with E-state index in [4.69, 9.17) is 5.73 Å². The van der Waals surface area contributed by atoms with Gasteiger partial charge in [-0.3, -0.25) is 0 Å². The van der Waals surface area contributed by atoms with Crippen LogP contribution in [0.5, 0.6) is 0 Å². The number of hydrogen-bond donors (Lipinski definition) is 1. The molecule has 106 valence electrons. The van der Waals surface area contributed by atoms with Gasteiger partial charge in [0.05, 0.1) is 0 Å². The van der Waals surface area contributed by atoms with E-state index in [2.05, 4.69) is 52.9 Å². The zero-order chi connectivity index (χ0) is 13.9. The van der Waals surface area contributed by atoms with Crippen molar-refractivity contribution in [3.63, 3.8) is 0 Å². The molecule has 1 aliphatic heterocycles. The van der Waals surface area contributed by atoms with Crippen LogP contribution in [0.25, 0.3) is 0 Å². The van der Waals surface area contributed by atoms with Gasteiger partial charge in [0.25, 0.3) is 0 Å². The van der Waals surface area contributed by atoms with E-state index in [-0.39, 0.29) is 0 Å². The van der Waals surface area contributed by atoms with E-state index in [0.29, 0.717) is 12.0 Å². The molecule has 2 N–H and O–H groups in total. The highest BCUT2D eigenvalue weighted by atomic mass is 79.9. The highest BCUT2D eigenvalue weighted by Gasteiger charge is 2.28. The second kappa shape index (κ2) is 6.27. The number of hydrogen-bond acceptors (Lipinski definition) is 2. The van der Waals surface area contributed by atoms with Gasteiger partial charge >= 0.3 is 0 Å². The van der Waals surface area contributed by atoms with Crippen LogP contribution in [-0.2, 0) is 6.42 Å². The fourth-order valence-electron chi connectivity index (χ4n) is 2.75. The third kappa shape index (κ3) is 3.51. The van der Waals surface area contributed by atoms with Crippen LogP contribution < -0.4 is 10.6 Å². The minimum atomic E-state index is 0.549. The molecule has 0 atom stereocenters. The van der Waals surface area contributed by atoms with Crippen molar-refractivity contribution >= 4 is 21.6 Å². The molecule has 1 saturated heterocycles. The predicted octanol–water partition coefficient (Wildman–Crippen LogP) is 3.97. The molecule has 19 heavy (non-hydrogen) atoms. The molecule has 1 fully saturated rings. The second-order valence-electron chi connectivity index (χ2n) is 5.97. The smallest absolute Gasteiger partial charge is 0.0377 e. The summed E-state index contributed by atoms with van der Waals surface area (Å²) in [5.41, 5.74) is 8.82. The topological polar surface area (TPSA) is 29.3 Å². The summed E-state index contributed by atoms with van der Waals surface area (Å²) in [5, 5.41) is 0. The fourth-order valence-corrected chi connectivity index (χ4v) is 3.31. The van der Waals surface area contributed by atoms with Crippen LogP contribution in [0.3, 0.4) is 0 Å². The van der Waals surface area contributed by atoms with E-state index in [1.807, 2.05) is 0 Å². The highest BCUT2D eigenvalue weighted by molar-refractivity contribution is 9.10. The lowest BCUT2D eigenvalue weighted by atomic mass is 9.78. The zero-order valence-corrected chi connectivity index (χ0v) is 13.7. The lowest BCUT2D eigenvalue weighted by molar-refractivity contribution is 0.238. The summed E-state index contributed by atoms with van der Waals surface area (Å²) in [4.78, 5) is 2.51. The maximum atomic E-state index is 5.62. The second-order valence-corrected chi connectivity index (χ2v) is 6.82. The predicted molar refractivity (Wildman–Crippen MR) is 86.7 cm³/mol. The van der Waals surface area contributed by atoms with Gasteiger partial charge in [-0.15, -0.1) is 0 Å². The van der Waals surface area contributed by atoms with Gasteiger partial charge in [-0.05, 0) is 48.9 Å². The third-order valence-electron chi connectivity index (χ3n) is 4.64. The SMILES string of the molecule is CCC1(C)CCN(c2ccc(CCN)c(Br)c2)CC1. The van der Waals surface area contributed by atoms with Crippen molar-refractivity contribution in [2.75, 3.05) is 24.5 Å². The Labute approximate surface area is 125 Å². The van der Waals surface area contributed by atoms with Crippen molar-refractivity contribution < 1.29 is 0 Å². The average Bonchev–Trinajstić information content (AvgIpc) is 2.42. The molecule has 1 aromatic carbocycles. The van der Waals surface area contributed by atoms with Crippen LogP contribution in [0.15, 0.2) is 22.7 Å². The van der Waals surface area contributed by atoms with E-state index >= 15 is 0 Å². The van der Waals surface area contributed by atoms with E-state index in [1.165, 1.54) is 48.1 Å². The lowest BCUT2D eigenvalue weighted by Gasteiger charge is -2.40. The van der Waals surface area contributed by atoms with Crippen molar-refractivity contribution in [2.24, 2.45) is 11.1 Å². The summed E-state index contributed by atoms with van der Waals surface area (Å²) in [6, 6.07) is 6.70. The molecule has 0 saturated carbocycles. The van der Waals surface area contributed by atoms with Gasteiger partial charge in [0.2, 0.25) is 0 Å². The van der Waals surface area contributed by atoms with Crippen molar-refractivity contribution in [3.05, 3.63) is 28.2 Å². The van der Waals surface area contributed by atoms with Crippen LogP contribution in [0.1, 0.15) is 38.7 Å². The molecule has 3 heteroatoms. The molecule has 1 aliphatic rings. The summed E-state index contributed by atoms with van der Waals surface area (Å²) < 4.78 is 1.19. The van der Waals surface area contributed by atoms with Crippen LogP contribution in [0.4, 0.5) is 5.69 Å². The van der Waals surface area contributed by atoms with Crippen LogP contribution in [0.2, 0.25) is 0 Å². The number of benzene rings is 1. The molecular weight excluding hydrogens is 300 g/mol. The monoisotopic (exact) mass is 324 g/mol. The molecule has 0 radical (unpaired) electrons. The summed E-state index contributed by atoms with van der Waals surface area (Å²) >= 11 is 3.67. The number of anilines is 1. The summed E-state index contributed by atoms with van der Waals surface area (Å²) in [5.74, 6) is 0. The normalized spacial score (nSPS) is 18.6. The molecule has 1 heterocycles. The Balaban J connectivity index is 2.06. The van der Waals surface area contributed by atoms with Crippen LogP contribution in [0, 0.1) is 5.41 Å². The molecule has 0 amide bonds. The quantitative estimate of drug-likeness (QED) is 0.908. The minimum absolute atomic E-state index is 0.549. The average molecular weight is 325 g/mol. The number of rotatable bonds is 4. The summed E-state index contributed by atoms with van der Waals surface area (Å²) in [6.45, 7) is 7.79. The standard InChI is InChI=1S/C16H25BrN2/c1-3-16(2)7-10-19(11-8-16)14-5-4-13(6-9-18)15(17)12-14/h4-5,12H,3,6-11,18H2,1-2H3. The van der Waals surface area contributed by atoms with Crippen molar-refractivity contribution in [3.8, 4) is 0 Å². The molecule has 0 unspecified atom stereocenters. The third-order valence-corrected chi connectivity index (χ3v) is 5.38. The first-order chi connectivity index (χ1) is 9.08. The molecule has 2 rings (SSSR count). The Morgan fingerprint density at radius 2 is 2.00 bits per heavy atom. The number of nitrogens with two attached hydrogens (primary N) is 1. The van der Waals surface area contributed by atoms with Gasteiger partial charge < -0.3 is 10.6 Å². The van der Waals surface area contributed by atoms with Crippen molar-refractivity contribution in [2.45, 2.75) is 39.5 Å². The summed E-state index contributed by atoms with van der Waals surface area (Å²) in [6.07, 6.45) is 4.83. The first-order valence-corrected chi connectivity index (χ1v) is 8.11. The molecule has 1 aromatic rings. The Morgan fingerprint density at radius 1 is 1.32 bits per heavy atom. The van der Waals surface area contributed by atoms with Gasteiger partial charge in [0.15, 0.2) is 0 Å². The maximum Gasteiger partial charge on any atom is 0.0377 e. The Bertz CT molecular complexity index is 423. The molecule has 0 aliphatic carbocycles. The minimum Gasteiger partial charge on any atom is -0.371 e. The Hall–Kier alpha value is -0.540. The van der Waals surface area contributed by atoms with Gasteiger partial charge in [-0.2, -0.15) is 0 Å². The van der Waals surface area contributed by atoms with Crippen molar-refractivity contribution in [1.29, 1.82) is 0 Å². The molecule has 2 nitrogen and oxygen atoms in total. The van der Waals surface area contributed by atoms with E-state index in [0.717, 1.165) is 6.42 Å². The first-order valence-electron chi connectivity index (χ1n) is 7.31. The van der Waals surface area contributed by atoms with Crippen molar-refractivity contribution in [1.82, 2.24) is 0 Å².